The smallest absolute Gasteiger partial charge is 0.228 e. The average Bonchev–Trinajstić information content (AvgIpc) is 3.38. The zero-order valence-electron chi connectivity index (χ0n) is 12.6. The Morgan fingerprint density at radius 3 is 2.58 bits per heavy atom. The minimum Gasteiger partial charge on any atom is -0.350 e. The van der Waals surface area contributed by atoms with E-state index in [-0.39, 0.29) is 17.5 Å². The second kappa shape index (κ2) is 6.74. The van der Waals surface area contributed by atoms with Crippen LogP contribution in [0.1, 0.15) is 12.1 Å². The number of halogens is 2. The molecule has 2 aromatic rings. The molecule has 1 saturated carbocycles. The first-order valence-corrected chi connectivity index (χ1v) is 7.48. The molecular weight excluding hydrogens is 316 g/mol. The summed E-state index contributed by atoms with van der Waals surface area (Å²) in [5.41, 5.74) is 0.896. The monoisotopic (exact) mass is 331 g/mol. The van der Waals surface area contributed by atoms with Gasteiger partial charge in [0.05, 0.1) is 24.1 Å². The zero-order valence-corrected chi connectivity index (χ0v) is 12.6. The van der Waals surface area contributed by atoms with Crippen LogP contribution in [0.4, 0.5) is 14.5 Å². The van der Waals surface area contributed by atoms with Crippen LogP contribution in [0.15, 0.2) is 42.6 Å². The van der Waals surface area contributed by atoms with Crippen LogP contribution in [0.2, 0.25) is 0 Å². The third-order valence-electron chi connectivity index (χ3n) is 3.82. The average molecular weight is 331 g/mol. The Balaban J connectivity index is 1.49. The van der Waals surface area contributed by atoms with Gasteiger partial charge in [-0.25, -0.2) is 8.78 Å². The van der Waals surface area contributed by atoms with Gasteiger partial charge in [0, 0.05) is 18.0 Å². The van der Waals surface area contributed by atoms with Gasteiger partial charge in [0.2, 0.25) is 11.8 Å². The summed E-state index contributed by atoms with van der Waals surface area (Å²) in [5, 5.41) is 5.23. The number of amides is 2. The van der Waals surface area contributed by atoms with Gasteiger partial charge in [-0.05, 0) is 30.7 Å². The molecule has 7 heteroatoms. The maximum atomic E-state index is 13.1. The summed E-state index contributed by atoms with van der Waals surface area (Å²) in [7, 11) is 0. The Kier molecular flexibility index (Phi) is 4.50. The second-order valence-corrected chi connectivity index (χ2v) is 5.61. The Labute approximate surface area is 137 Å². The number of carbonyl (C=O) groups is 2. The largest absolute Gasteiger partial charge is 0.350 e. The predicted molar refractivity (Wildman–Crippen MR) is 82.7 cm³/mol. The second-order valence-electron chi connectivity index (χ2n) is 5.61. The first kappa shape index (κ1) is 16.0. The summed E-state index contributed by atoms with van der Waals surface area (Å²) >= 11 is 0. The molecule has 3 rings (SSSR count). The Bertz CT molecular complexity index is 768. The molecule has 1 aliphatic rings. The third kappa shape index (κ3) is 3.73. The van der Waals surface area contributed by atoms with Crippen LogP contribution in [0.3, 0.4) is 0 Å². The normalized spacial score (nSPS) is 18.8. The Morgan fingerprint density at radius 2 is 1.88 bits per heavy atom. The van der Waals surface area contributed by atoms with E-state index in [1.54, 1.807) is 18.3 Å². The highest BCUT2D eigenvalue weighted by atomic mass is 19.2. The number of hydrogen-bond donors (Lipinski definition) is 2. The highest BCUT2D eigenvalue weighted by Gasteiger charge is 2.47. The van der Waals surface area contributed by atoms with Crippen LogP contribution in [-0.2, 0) is 16.1 Å². The van der Waals surface area contributed by atoms with E-state index in [1.165, 1.54) is 6.07 Å². The molecule has 0 spiro atoms. The number of hydrogen-bond acceptors (Lipinski definition) is 3. The number of carbonyl (C=O) groups excluding carboxylic acids is 2. The van der Waals surface area contributed by atoms with Gasteiger partial charge in [0.1, 0.15) is 0 Å². The van der Waals surface area contributed by atoms with Crippen LogP contribution in [0.5, 0.6) is 0 Å². The van der Waals surface area contributed by atoms with Crippen LogP contribution in [-0.4, -0.2) is 16.8 Å². The fourth-order valence-corrected chi connectivity index (χ4v) is 2.39. The lowest BCUT2D eigenvalue weighted by atomic mass is 10.2. The van der Waals surface area contributed by atoms with Gasteiger partial charge in [-0.3, -0.25) is 14.6 Å². The molecule has 1 aliphatic carbocycles. The summed E-state index contributed by atoms with van der Waals surface area (Å²) in [4.78, 5) is 28.2. The Morgan fingerprint density at radius 1 is 1.08 bits per heavy atom. The van der Waals surface area contributed by atoms with Gasteiger partial charge < -0.3 is 10.6 Å². The fourth-order valence-electron chi connectivity index (χ4n) is 2.39. The number of rotatable bonds is 5. The van der Waals surface area contributed by atoms with Crippen molar-refractivity contribution < 1.29 is 18.4 Å². The van der Waals surface area contributed by atoms with Gasteiger partial charge in [-0.15, -0.1) is 0 Å². The lowest BCUT2D eigenvalue weighted by Crippen LogP contribution is -2.27. The van der Waals surface area contributed by atoms with E-state index in [4.69, 9.17) is 0 Å². The Hall–Kier alpha value is -2.83. The van der Waals surface area contributed by atoms with Crippen LogP contribution < -0.4 is 10.6 Å². The third-order valence-corrected chi connectivity index (χ3v) is 3.82. The van der Waals surface area contributed by atoms with Gasteiger partial charge in [0.15, 0.2) is 11.6 Å². The van der Waals surface area contributed by atoms with Crippen molar-refractivity contribution in [3.8, 4) is 0 Å². The highest BCUT2D eigenvalue weighted by molar-refractivity contribution is 5.99. The molecule has 0 saturated heterocycles. The van der Waals surface area contributed by atoms with Crippen molar-refractivity contribution in [3.05, 3.63) is 59.9 Å². The van der Waals surface area contributed by atoms with Crippen molar-refractivity contribution in [2.24, 2.45) is 11.8 Å². The summed E-state index contributed by atoms with van der Waals surface area (Å²) < 4.78 is 26.0. The molecular formula is C17H15F2N3O2. The molecule has 0 aliphatic heterocycles. The summed E-state index contributed by atoms with van der Waals surface area (Å²) in [6.45, 7) is 0.299. The number of benzene rings is 1. The zero-order chi connectivity index (χ0) is 17.1. The van der Waals surface area contributed by atoms with E-state index in [0.717, 1.165) is 17.8 Å². The van der Waals surface area contributed by atoms with Crippen molar-refractivity contribution in [1.29, 1.82) is 0 Å². The molecule has 0 radical (unpaired) electrons. The topological polar surface area (TPSA) is 71.1 Å². The first-order valence-electron chi connectivity index (χ1n) is 7.48. The summed E-state index contributed by atoms with van der Waals surface area (Å²) in [6.07, 6.45) is 2.07. The molecule has 1 fully saturated rings. The molecule has 2 N–H and O–H groups in total. The van der Waals surface area contributed by atoms with E-state index < -0.39 is 23.5 Å². The highest BCUT2D eigenvalue weighted by Crippen LogP contribution is 2.39. The quantitative estimate of drug-likeness (QED) is 0.883. The van der Waals surface area contributed by atoms with Crippen molar-refractivity contribution in [3.63, 3.8) is 0 Å². The molecule has 1 aromatic heterocycles. The fraction of sp³-hybridized carbons (Fsp3) is 0.235. The summed E-state index contributed by atoms with van der Waals surface area (Å²) in [5.74, 6) is -3.47. The van der Waals surface area contributed by atoms with E-state index in [2.05, 4.69) is 15.6 Å². The van der Waals surface area contributed by atoms with Gasteiger partial charge >= 0.3 is 0 Å². The van der Waals surface area contributed by atoms with Crippen LogP contribution >= 0.6 is 0 Å². The number of anilines is 1. The van der Waals surface area contributed by atoms with Crippen LogP contribution in [0.25, 0.3) is 0 Å². The minimum atomic E-state index is -1.03. The standard InChI is InChI=1S/C17H15F2N3O2/c18-14-5-4-10(7-15(14)19)22-17(24)13-8-12(13)16(23)21-9-11-3-1-2-6-20-11/h1-7,12-13H,8-9H2,(H,21,23)(H,22,24). The number of aromatic nitrogens is 1. The van der Waals surface area contributed by atoms with Crippen LogP contribution in [0, 0.1) is 23.5 Å². The first-order chi connectivity index (χ1) is 11.5. The van der Waals surface area contributed by atoms with Gasteiger partial charge in [-0.1, -0.05) is 6.07 Å². The maximum absolute atomic E-state index is 13.1. The molecule has 24 heavy (non-hydrogen) atoms. The molecule has 2 unspecified atom stereocenters. The number of nitrogens with one attached hydrogen (secondary N) is 2. The molecule has 2 amide bonds. The SMILES string of the molecule is O=C(NCc1ccccn1)C1CC1C(=O)Nc1ccc(F)c(F)c1. The number of nitrogens with zero attached hydrogens (tertiary/aromatic N) is 1. The van der Waals surface area contributed by atoms with Crippen molar-refractivity contribution in [1.82, 2.24) is 10.3 Å². The molecule has 5 nitrogen and oxygen atoms in total. The van der Waals surface area contributed by atoms with Crippen molar-refractivity contribution in [2.45, 2.75) is 13.0 Å². The lowest BCUT2D eigenvalue weighted by molar-refractivity contribution is -0.125. The van der Waals surface area contributed by atoms with E-state index >= 15 is 0 Å². The summed E-state index contributed by atoms with van der Waals surface area (Å²) in [6, 6.07) is 8.52. The van der Waals surface area contributed by atoms with E-state index in [9.17, 15) is 18.4 Å². The predicted octanol–water partition coefficient (Wildman–Crippen LogP) is 2.25. The number of pyridine rings is 1. The maximum Gasteiger partial charge on any atom is 0.228 e. The molecule has 0 bridgehead atoms. The molecule has 2 atom stereocenters. The van der Waals surface area contributed by atoms with Crippen molar-refractivity contribution in [2.75, 3.05) is 5.32 Å². The van der Waals surface area contributed by atoms with Crippen molar-refractivity contribution >= 4 is 17.5 Å². The lowest BCUT2D eigenvalue weighted by Gasteiger charge is -2.06. The molecule has 1 heterocycles. The van der Waals surface area contributed by atoms with E-state index in [0.29, 0.717) is 13.0 Å². The molecule has 124 valence electrons. The molecule has 1 aromatic carbocycles. The van der Waals surface area contributed by atoms with E-state index in [1.807, 2.05) is 6.07 Å². The minimum absolute atomic E-state index is 0.165. The van der Waals surface area contributed by atoms with Gasteiger partial charge in [-0.2, -0.15) is 0 Å². The van der Waals surface area contributed by atoms with Gasteiger partial charge in [0.25, 0.3) is 0 Å².